The first-order chi connectivity index (χ1) is 9.97. The van der Waals surface area contributed by atoms with E-state index in [0.717, 1.165) is 18.2 Å². The maximum Gasteiger partial charge on any atom is 0.151 e. The number of aliphatic hydroxyl groups is 1. The molecule has 110 valence electrons. The van der Waals surface area contributed by atoms with Crippen LogP contribution in [0.3, 0.4) is 0 Å². The lowest BCUT2D eigenvalue weighted by Crippen LogP contribution is -2.02. The molecule has 0 aliphatic heterocycles. The van der Waals surface area contributed by atoms with E-state index in [9.17, 15) is 13.6 Å². The minimum absolute atomic E-state index is 0.164. The Hall–Kier alpha value is -1.78. The molecule has 0 bridgehead atoms. The predicted octanol–water partition coefficient (Wildman–Crippen LogP) is 3.94. The molecule has 0 aromatic heterocycles. The van der Waals surface area contributed by atoms with Crippen LogP contribution in [0.1, 0.15) is 21.5 Å². The summed E-state index contributed by atoms with van der Waals surface area (Å²) in [5, 5.41) is 9.52. The number of benzene rings is 2. The lowest BCUT2D eigenvalue weighted by molar-refractivity contribution is 0.112. The molecule has 2 rings (SSSR count). The number of carbonyl (C=O) groups excluding carboxylic acids is 1. The van der Waals surface area contributed by atoms with E-state index < -0.39 is 11.6 Å². The third-order valence-corrected chi connectivity index (χ3v) is 3.70. The lowest BCUT2D eigenvalue weighted by atomic mass is 9.90. The minimum atomic E-state index is -0.732. The van der Waals surface area contributed by atoms with E-state index in [4.69, 9.17) is 16.7 Å². The van der Waals surface area contributed by atoms with Gasteiger partial charge in [-0.3, -0.25) is 4.79 Å². The van der Waals surface area contributed by atoms with Gasteiger partial charge in [0.2, 0.25) is 0 Å². The molecule has 0 fully saturated rings. The second kappa shape index (κ2) is 6.33. The number of aldehydes is 1. The fourth-order valence-corrected chi connectivity index (χ4v) is 2.56. The average molecular weight is 311 g/mol. The SMILES string of the molecule is Cc1c(Cl)cc(CCO)c(-c2cc(F)cc(F)c2)c1C=O. The molecule has 0 saturated heterocycles. The second-order valence-electron chi connectivity index (χ2n) is 4.68. The van der Waals surface area contributed by atoms with Crippen molar-refractivity contribution in [2.75, 3.05) is 6.61 Å². The van der Waals surface area contributed by atoms with Crippen molar-refractivity contribution < 1.29 is 18.7 Å². The van der Waals surface area contributed by atoms with Crippen molar-refractivity contribution in [3.63, 3.8) is 0 Å². The van der Waals surface area contributed by atoms with E-state index in [1.54, 1.807) is 13.0 Å². The average Bonchev–Trinajstić information content (AvgIpc) is 2.41. The predicted molar refractivity (Wildman–Crippen MR) is 77.7 cm³/mol. The third kappa shape index (κ3) is 3.12. The van der Waals surface area contributed by atoms with E-state index in [-0.39, 0.29) is 24.2 Å². The molecular formula is C16H13ClF2O2. The summed E-state index contributed by atoms with van der Waals surface area (Å²) in [6.07, 6.45) is 0.842. The molecule has 5 heteroatoms. The van der Waals surface area contributed by atoms with E-state index in [2.05, 4.69) is 0 Å². The number of halogens is 3. The van der Waals surface area contributed by atoms with Crippen LogP contribution in [0.25, 0.3) is 11.1 Å². The van der Waals surface area contributed by atoms with E-state index in [1.807, 2.05) is 0 Å². The first-order valence-electron chi connectivity index (χ1n) is 6.32. The van der Waals surface area contributed by atoms with Gasteiger partial charge in [-0.05, 0) is 53.8 Å². The van der Waals surface area contributed by atoms with Gasteiger partial charge in [-0.15, -0.1) is 0 Å². The molecule has 0 aliphatic rings. The monoisotopic (exact) mass is 310 g/mol. The highest BCUT2D eigenvalue weighted by molar-refractivity contribution is 6.32. The van der Waals surface area contributed by atoms with Crippen LogP contribution in [0.5, 0.6) is 0 Å². The molecule has 2 aromatic rings. The van der Waals surface area contributed by atoms with Crippen LogP contribution < -0.4 is 0 Å². The fourth-order valence-electron chi connectivity index (χ4n) is 2.33. The summed E-state index contributed by atoms with van der Waals surface area (Å²) in [5.74, 6) is -1.46. The summed E-state index contributed by atoms with van der Waals surface area (Å²) in [5.41, 5.74) is 2.03. The quantitative estimate of drug-likeness (QED) is 0.868. The van der Waals surface area contributed by atoms with Gasteiger partial charge in [0, 0.05) is 23.3 Å². The molecule has 0 amide bonds. The maximum absolute atomic E-state index is 13.4. The van der Waals surface area contributed by atoms with Gasteiger partial charge in [0.15, 0.2) is 6.29 Å². The number of hydrogen-bond acceptors (Lipinski definition) is 2. The van der Waals surface area contributed by atoms with Crippen LogP contribution in [0.15, 0.2) is 24.3 Å². The second-order valence-corrected chi connectivity index (χ2v) is 5.09. The van der Waals surface area contributed by atoms with Crippen molar-refractivity contribution in [1.29, 1.82) is 0 Å². The Morgan fingerprint density at radius 3 is 2.33 bits per heavy atom. The van der Waals surface area contributed by atoms with Crippen molar-refractivity contribution in [3.05, 3.63) is 57.6 Å². The Bertz CT molecular complexity index is 679. The molecule has 2 aromatic carbocycles. The molecule has 0 radical (unpaired) electrons. The molecule has 0 heterocycles. The largest absolute Gasteiger partial charge is 0.396 e. The van der Waals surface area contributed by atoms with Gasteiger partial charge in [0.1, 0.15) is 11.6 Å². The van der Waals surface area contributed by atoms with Gasteiger partial charge in [0.25, 0.3) is 0 Å². The number of hydrogen-bond donors (Lipinski definition) is 1. The highest BCUT2D eigenvalue weighted by atomic mass is 35.5. The molecule has 0 aliphatic carbocycles. The molecule has 0 spiro atoms. The summed E-state index contributed by atoms with van der Waals surface area (Å²) < 4.78 is 26.9. The van der Waals surface area contributed by atoms with Crippen molar-refractivity contribution in [2.24, 2.45) is 0 Å². The van der Waals surface area contributed by atoms with E-state index in [0.29, 0.717) is 28.0 Å². The molecule has 1 N–H and O–H groups in total. The summed E-state index contributed by atoms with van der Waals surface area (Å²) in [6, 6.07) is 4.68. The van der Waals surface area contributed by atoms with Gasteiger partial charge >= 0.3 is 0 Å². The lowest BCUT2D eigenvalue weighted by Gasteiger charge is -2.15. The molecule has 0 unspecified atom stereocenters. The molecule has 0 saturated carbocycles. The summed E-state index contributed by atoms with van der Waals surface area (Å²) in [6.45, 7) is 1.50. The number of aliphatic hydroxyl groups excluding tert-OH is 1. The third-order valence-electron chi connectivity index (χ3n) is 3.30. The van der Waals surface area contributed by atoms with Gasteiger partial charge in [0.05, 0.1) is 0 Å². The van der Waals surface area contributed by atoms with Crippen LogP contribution in [0, 0.1) is 18.6 Å². The summed E-state index contributed by atoms with van der Waals surface area (Å²) in [4.78, 5) is 11.4. The maximum atomic E-state index is 13.4. The van der Waals surface area contributed by atoms with Gasteiger partial charge in [-0.1, -0.05) is 11.6 Å². The van der Waals surface area contributed by atoms with Crippen LogP contribution in [0.4, 0.5) is 8.78 Å². The molecule has 0 atom stereocenters. The van der Waals surface area contributed by atoms with Crippen LogP contribution in [-0.4, -0.2) is 18.0 Å². The normalized spacial score (nSPS) is 10.7. The van der Waals surface area contributed by atoms with E-state index >= 15 is 0 Å². The first kappa shape index (κ1) is 15.6. The van der Waals surface area contributed by atoms with Crippen molar-refractivity contribution >= 4 is 17.9 Å². The van der Waals surface area contributed by atoms with Crippen LogP contribution >= 0.6 is 11.6 Å². The highest BCUT2D eigenvalue weighted by Gasteiger charge is 2.17. The van der Waals surface area contributed by atoms with Gasteiger partial charge < -0.3 is 5.11 Å². The van der Waals surface area contributed by atoms with Gasteiger partial charge in [-0.2, -0.15) is 0 Å². The Labute approximate surface area is 126 Å². The standard InChI is InChI=1S/C16H13ClF2O2/c1-9-14(8-21)16(10(2-3-20)6-15(9)17)11-4-12(18)7-13(19)5-11/h4-8,20H,2-3H2,1H3. The zero-order valence-corrected chi connectivity index (χ0v) is 12.0. The minimum Gasteiger partial charge on any atom is -0.396 e. The zero-order valence-electron chi connectivity index (χ0n) is 11.3. The Balaban J connectivity index is 2.81. The van der Waals surface area contributed by atoms with E-state index in [1.165, 1.54) is 0 Å². The molecule has 21 heavy (non-hydrogen) atoms. The zero-order chi connectivity index (χ0) is 15.6. The van der Waals surface area contributed by atoms with Crippen molar-refractivity contribution in [1.82, 2.24) is 0 Å². The Kier molecular flexibility index (Phi) is 4.70. The van der Waals surface area contributed by atoms with Crippen molar-refractivity contribution in [3.8, 4) is 11.1 Å². The van der Waals surface area contributed by atoms with Crippen LogP contribution in [0.2, 0.25) is 5.02 Å². The summed E-state index contributed by atoms with van der Waals surface area (Å²) in [7, 11) is 0. The Morgan fingerprint density at radius 1 is 1.19 bits per heavy atom. The smallest absolute Gasteiger partial charge is 0.151 e. The molecular weight excluding hydrogens is 298 g/mol. The molecule has 2 nitrogen and oxygen atoms in total. The fraction of sp³-hybridized carbons (Fsp3) is 0.188. The van der Waals surface area contributed by atoms with Crippen LogP contribution in [-0.2, 0) is 6.42 Å². The van der Waals surface area contributed by atoms with Gasteiger partial charge in [-0.25, -0.2) is 8.78 Å². The summed E-state index contributed by atoms with van der Waals surface area (Å²) >= 11 is 6.07. The topological polar surface area (TPSA) is 37.3 Å². The number of rotatable bonds is 4. The van der Waals surface area contributed by atoms with Crippen molar-refractivity contribution in [2.45, 2.75) is 13.3 Å². The number of carbonyl (C=O) groups is 1. The Morgan fingerprint density at radius 2 is 1.81 bits per heavy atom. The first-order valence-corrected chi connectivity index (χ1v) is 6.70. The highest BCUT2D eigenvalue weighted by Crippen LogP contribution is 2.34.